The van der Waals surface area contributed by atoms with Crippen LogP contribution in [0.2, 0.25) is 0 Å². The SMILES string of the molecule is Cc1ccc(CN2CC(C(=O)N3CCOC(c4ccccc4)C3)CC2=O)cc1. The van der Waals surface area contributed by atoms with Gasteiger partial charge in [-0.1, -0.05) is 60.2 Å². The molecule has 2 atom stereocenters. The number of nitrogens with zero attached hydrogens (tertiary/aromatic N) is 2. The topological polar surface area (TPSA) is 49.9 Å². The molecule has 2 aliphatic rings. The van der Waals surface area contributed by atoms with Crippen molar-refractivity contribution in [2.45, 2.75) is 26.0 Å². The van der Waals surface area contributed by atoms with Crippen LogP contribution in [0, 0.1) is 12.8 Å². The van der Waals surface area contributed by atoms with E-state index in [0.717, 1.165) is 11.1 Å². The number of amides is 2. The molecular formula is C23H26N2O3. The maximum atomic E-state index is 13.1. The summed E-state index contributed by atoms with van der Waals surface area (Å²) >= 11 is 0. The molecule has 0 aliphatic carbocycles. The molecule has 2 amide bonds. The lowest BCUT2D eigenvalue weighted by Crippen LogP contribution is -2.45. The molecule has 0 saturated carbocycles. The number of morpholine rings is 1. The van der Waals surface area contributed by atoms with Crippen molar-refractivity contribution in [2.75, 3.05) is 26.2 Å². The smallest absolute Gasteiger partial charge is 0.228 e. The third kappa shape index (κ3) is 4.09. The predicted molar refractivity (Wildman–Crippen MR) is 106 cm³/mol. The van der Waals surface area contributed by atoms with Crippen molar-refractivity contribution >= 4 is 11.8 Å². The van der Waals surface area contributed by atoms with Crippen LogP contribution in [-0.4, -0.2) is 47.9 Å². The van der Waals surface area contributed by atoms with Crippen LogP contribution in [0.1, 0.15) is 29.2 Å². The first kappa shape index (κ1) is 18.7. The summed E-state index contributed by atoms with van der Waals surface area (Å²) in [5.41, 5.74) is 3.39. The predicted octanol–water partition coefficient (Wildman–Crippen LogP) is 2.94. The monoisotopic (exact) mass is 378 g/mol. The van der Waals surface area contributed by atoms with E-state index in [0.29, 0.717) is 39.2 Å². The largest absolute Gasteiger partial charge is 0.370 e. The molecule has 0 N–H and O–H groups in total. The van der Waals surface area contributed by atoms with Gasteiger partial charge in [-0.2, -0.15) is 0 Å². The molecule has 2 aromatic rings. The summed E-state index contributed by atoms with van der Waals surface area (Å²) in [7, 11) is 0. The van der Waals surface area contributed by atoms with E-state index in [1.54, 1.807) is 0 Å². The highest BCUT2D eigenvalue weighted by Crippen LogP contribution is 2.26. The zero-order valence-electron chi connectivity index (χ0n) is 16.2. The van der Waals surface area contributed by atoms with Gasteiger partial charge in [0.1, 0.15) is 6.10 Å². The number of rotatable bonds is 4. The molecule has 2 fully saturated rings. The Balaban J connectivity index is 1.38. The van der Waals surface area contributed by atoms with E-state index in [4.69, 9.17) is 4.74 Å². The average molecular weight is 378 g/mol. The molecule has 0 bridgehead atoms. The van der Waals surface area contributed by atoms with Crippen molar-refractivity contribution < 1.29 is 14.3 Å². The first-order valence-corrected chi connectivity index (χ1v) is 9.89. The van der Waals surface area contributed by atoms with Crippen LogP contribution >= 0.6 is 0 Å². The van der Waals surface area contributed by atoms with Gasteiger partial charge in [-0.25, -0.2) is 0 Å². The van der Waals surface area contributed by atoms with Crippen molar-refractivity contribution in [1.82, 2.24) is 9.80 Å². The van der Waals surface area contributed by atoms with Crippen molar-refractivity contribution in [2.24, 2.45) is 5.92 Å². The molecular weight excluding hydrogens is 352 g/mol. The third-order valence-corrected chi connectivity index (χ3v) is 5.61. The molecule has 2 saturated heterocycles. The molecule has 2 heterocycles. The maximum Gasteiger partial charge on any atom is 0.228 e. The summed E-state index contributed by atoms with van der Waals surface area (Å²) in [6.07, 6.45) is 0.206. The number of benzene rings is 2. The van der Waals surface area contributed by atoms with Crippen LogP contribution < -0.4 is 0 Å². The van der Waals surface area contributed by atoms with Crippen LogP contribution in [-0.2, 0) is 20.9 Å². The molecule has 146 valence electrons. The van der Waals surface area contributed by atoms with Gasteiger partial charge >= 0.3 is 0 Å². The number of hydrogen-bond donors (Lipinski definition) is 0. The maximum absolute atomic E-state index is 13.1. The summed E-state index contributed by atoms with van der Waals surface area (Å²) in [5.74, 6) is -0.122. The van der Waals surface area contributed by atoms with E-state index in [-0.39, 0.29) is 23.8 Å². The van der Waals surface area contributed by atoms with E-state index in [1.165, 1.54) is 5.56 Å². The second-order valence-corrected chi connectivity index (χ2v) is 7.72. The number of ether oxygens (including phenoxy) is 1. The van der Waals surface area contributed by atoms with E-state index in [9.17, 15) is 9.59 Å². The summed E-state index contributed by atoms with van der Waals surface area (Å²) in [6, 6.07) is 18.2. The average Bonchev–Trinajstić information content (AvgIpc) is 3.10. The Morgan fingerprint density at radius 2 is 1.82 bits per heavy atom. The fourth-order valence-corrected chi connectivity index (χ4v) is 3.98. The fourth-order valence-electron chi connectivity index (χ4n) is 3.98. The Kier molecular flexibility index (Phi) is 5.44. The van der Waals surface area contributed by atoms with Gasteiger partial charge in [-0.15, -0.1) is 0 Å². The molecule has 5 heteroatoms. The normalized spacial score (nSPS) is 22.5. The van der Waals surface area contributed by atoms with Gasteiger partial charge < -0.3 is 14.5 Å². The Hall–Kier alpha value is -2.66. The molecule has 5 nitrogen and oxygen atoms in total. The standard InChI is InChI=1S/C23H26N2O3/c1-17-7-9-18(10-8-17)14-25-15-20(13-22(25)26)23(27)24-11-12-28-21(16-24)19-5-3-2-4-6-19/h2-10,20-21H,11-16H2,1H3. The lowest BCUT2D eigenvalue weighted by Gasteiger charge is -2.34. The lowest BCUT2D eigenvalue weighted by atomic mass is 10.0. The van der Waals surface area contributed by atoms with Crippen molar-refractivity contribution in [3.8, 4) is 0 Å². The van der Waals surface area contributed by atoms with E-state index in [1.807, 2.05) is 59.2 Å². The van der Waals surface area contributed by atoms with Crippen LogP contribution in [0.25, 0.3) is 0 Å². The highest BCUT2D eigenvalue weighted by molar-refractivity contribution is 5.89. The van der Waals surface area contributed by atoms with Crippen LogP contribution in [0.15, 0.2) is 54.6 Å². The van der Waals surface area contributed by atoms with Gasteiger partial charge in [0.05, 0.1) is 19.1 Å². The van der Waals surface area contributed by atoms with Gasteiger partial charge in [0, 0.05) is 26.1 Å². The van der Waals surface area contributed by atoms with Crippen LogP contribution in [0.3, 0.4) is 0 Å². The molecule has 2 aliphatic heterocycles. The van der Waals surface area contributed by atoms with E-state index in [2.05, 4.69) is 12.1 Å². The fraction of sp³-hybridized carbons (Fsp3) is 0.391. The zero-order chi connectivity index (χ0) is 19.5. The Morgan fingerprint density at radius 1 is 1.07 bits per heavy atom. The number of aryl methyl sites for hydroxylation is 1. The molecule has 0 radical (unpaired) electrons. The second kappa shape index (κ2) is 8.15. The number of hydrogen-bond acceptors (Lipinski definition) is 3. The molecule has 0 spiro atoms. The number of likely N-dealkylation sites (tertiary alicyclic amines) is 1. The first-order chi connectivity index (χ1) is 13.6. The number of carbonyl (C=O) groups excluding carboxylic acids is 2. The summed E-state index contributed by atoms with van der Waals surface area (Å²) in [5, 5.41) is 0. The first-order valence-electron chi connectivity index (χ1n) is 9.89. The Labute approximate surface area is 165 Å². The highest BCUT2D eigenvalue weighted by Gasteiger charge is 2.38. The van der Waals surface area contributed by atoms with E-state index < -0.39 is 0 Å². The Bertz CT molecular complexity index is 835. The quantitative estimate of drug-likeness (QED) is 0.822. The van der Waals surface area contributed by atoms with Crippen LogP contribution in [0.5, 0.6) is 0 Å². The number of carbonyl (C=O) groups is 2. The second-order valence-electron chi connectivity index (χ2n) is 7.72. The van der Waals surface area contributed by atoms with Crippen molar-refractivity contribution in [3.05, 3.63) is 71.3 Å². The van der Waals surface area contributed by atoms with Gasteiger partial charge in [-0.05, 0) is 18.1 Å². The highest BCUT2D eigenvalue weighted by atomic mass is 16.5. The molecule has 2 aromatic carbocycles. The molecule has 0 aromatic heterocycles. The third-order valence-electron chi connectivity index (χ3n) is 5.61. The summed E-state index contributed by atoms with van der Waals surface area (Å²) in [4.78, 5) is 29.2. The molecule has 4 rings (SSSR count). The minimum absolute atomic E-state index is 0.0618. The van der Waals surface area contributed by atoms with Gasteiger partial charge in [0.15, 0.2) is 0 Å². The molecule has 2 unspecified atom stereocenters. The Morgan fingerprint density at radius 3 is 2.57 bits per heavy atom. The van der Waals surface area contributed by atoms with Crippen LogP contribution in [0.4, 0.5) is 0 Å². The van der Waals surface area contributed by atoms with Gasteiger partial charge in [0.2, 0.25) is 11.8 Å². The summed E-state index contributed by atoms with van der Waals surface area (Å²) in [6.45, 7) is 4.78. The van der Waals surface area contributed by atoms with Crippen molar-refractivity contribution in [1.29, 1.82) is 0 Å². The zero-order valence-corrected chi connectivity index (χ0v) is 16.2. The van der Waals surface area contributed by atoms with E-state index >= 15 is 0 Å². The lowest BCUT2D eigenvalue weighted by molar-refractivity contribution is -0.143. The van der Waals surface area contributed by atoms with Gasteiger partial charge in [-0.3, -0.25) is 9.59 Å². The summed E-state index contributed by atoms with van der Waals surface area (Å²) < 4.78 is 5.87. The minimum atomic E-state index is -0.257. The van der Waals surface area contributed by atoms with Gasteiger partial charge in [0.25, 0.3) is 0 Å². The molecule has 28 heavy (non-hydrogen) atoms. The van der Waals surface area contributed by atoms with Crippen molar-refractivity contribution in [3.63, 3.8) is 0 Å². The minimum Gasteiger partial charge on any atom is -0.370 e.